The second-order valence-corrected chi connectivity index (χ2v) is 3.40. The number of benzene rings is 1. The Morgan fingerprint density at radius 1 is 1.29 bits per heavy atom. The summed E-state index contributed by atoms with van der Waals surface area (Å²) < 4.78 is 16.8. The molecule has 0 spiro atoms. The minimum atomic E-state index is -0.603. The molecule has 0 fully saturated rings. The smallest absolute Gasteiger partial charge is 0.156 e. The zero-order valence-electron chi connectivity index (χ0n) is 7.27. The minimum Gasteiger partial charge on any atom is -0.488 e. The number of ether oxygens (including phenoxy) is 1. The van der Waals surface area contributed by atoms with Crippen LogP contribution < -0.4 is 4.74 Å². The lowest BCUT2D eigenvalue weighted by Gasteiger charge is -2.09. The fourth-order valence-corrected chi connectivity index (χ4v) is 1.62. The molecule has 1 N–H and O–H groups in total. The summed E-state index contributed by atoms with van der Waals surface area (Å²) in [6, 6.07) is 3.06. The van der Waals surface area contributed by atoms with Gasteiger partial charge in [-0.1, -0.05) is 23.2 Å². The maximum absolute atomic E-state index is 11.8. The fraction of sp³-hybridized carbons (Fsp3) is 0.333. The van der Waals surface area contributed by atoms with Crippen LogP contribution >= 0.6 is 23.2 Å². The summed E-state index contributed by atoms with van der Waals surface area (Å²) in [6.45, 7) is -0.838. The molecule has 0 aliphatic carbocycles. The Labute approximate surface area is 91.2 Å². The van der Waals surface area contributed by atoms with E-state index >= 15 is 0 Å². The molecule has 0 saturated carbocycles. The summed E-state index contributed by atoms with van der Waals surface area (Å²) in [5.74, 6) is 0.253. The molecule has 0 heterocycles. The molecule has 0 radical (unpaired) electrons. The summed E-state index contributed by atoms with van der Waals surface area (Å²) in [4.78, 5) is 0. The molecule has 78 valence electrons. The lowest BCUT2D eigenvalue weighted by molar-refractivity contribution is 0.271. The van der Waals surface area contributed by atoms with E-state index in [0.29, 0.717) is 5.56 Å². The van der Waals surface area contributed by atoms with Gasteiger partial charge in [0.15, 0.2) is 5.75 Å². The van der Waals surface area contributed by atoms with E-state index in [9.17, 15) is 4.39 Å². The van der Waals surface area contributed by atoms with Crippen molar-refractivity contribution in [1.29, 1.82) is 0 Å². The lowest BCUT2D eigenvalue weighted by Crippen LogP contribution is -2.00. The second-order valence-electron chi connectivity index (χ2n) is 2.58. The highest BCUT2D eigenvalue weighted by Gasteiger charge is 2.09. The molecular formula is C9H9Cl2FO2. The van der Waals surface area contributed by atoms with Gasteiger partial charge in [-0.15, -0.1) is 0 Å². The molecular weight excluding hydrogens is 230 g/mol. The maximum Gasteiger partial charge on any atom is 0.156 e. The van der Waals surface area contributed by atoms with Crippen LogP contribution in [0.5, 0.6) is 5.75 Å². The topological polar surface area (TPSA) is 29.5 Å². The summed E-state index contributed by atoms with van der Waals surface area (Å²) in [5.41, 5.74) is 0.590. The summed E-state index contributed by atoms with van der Waals surface area (Å²) >= 11 is 11.6. The Hall–Kier alpha value is -0.510. The average Bonchev–Trinajstić information content (AvgIpc) is 2.16. The monoisotopic (exact) mass is 238 g/mol. The van der Waals surface area contributed by atoms with Gasteiger partial charge in [0.25, 0.3) is 0 Å². The van der Waals surface area contributed by atoms with Crippen molar-refractivity contribution in [3.63, 3.8) is 0 Å². The highest BCUT2D eigenvalue weighted by atomic mass is 35.5. The molecule has 14 heavy (non-hydrogen) atoms. The van der Waals surface area contributed by atoms with Crippen LogP contribution in [0.15, 0.2) is 12.1 Å². The quantitative estimate of drug-likeness (QED) is 0.875. The zero-order valence-corrected chi connectivity index (χ0v) is 8.78. The normalized spacial score (nSPS) is 10.3. The third kappa shape index (κ3) is 2.74. The molecule has 1 aromatic carbocycles. The summed E-state index contributed by atoms with van der Waals surface area (Å²) in [5, 5.41) is 9.38. The van der Waals surface area contributed by atoms with Crippen LogP contribution in [0, 0.1) is 0 Å². The first kappa shape index (κ1) is 11.6. The van der Waals surface area contributed by atoms with Crippen LogP contribution in [0.4, 0.5) is 4.39 Å². The predicted molar refractivity (Wildman–Crippen MR) is 53.9 cm³/mol. The highest BCUT2D eigenvalue weighted by Crippen LogP contribution is 2.34. The van der Waals surface area contributed by atoms with Gasteiger partial charge in [0.2, 0.25) is 0 Å². The van der Waals surface area contributed by atoms with E-state index in [4.69, 9.17) is 33.0 Å². The largest absolute Gasteiger partial charge is 0.488 e. The zero-order chi connectivity index (χ0) is 10.6. The van der Waals surface area contributed by atoms with Crippen molar-refractivity contribution >= 4 is 23.2 Å². The molecule has 0 aliphatic heterocycles. The van der Waals surface area contributed by atoms with Gasteiger partial charge in [-0.05, 0) is 17.7 Å². The van der Waals surface area contributed by atoms with E-state index in [0.717, 1.165) is 0 Å². The molecule has 0 aliphatic rings. The Bertz CT molecular complexity index is 295. The first-order valence-corrected chi connectivity index (χ1v) is 4.72. The predicted octanol–water partition coefficient (Wildman–Crippen LogP) is 2.83. The third-order valence-corrected chi connectivity index (χ3v) is 2.13. The van der Waals surface area contributed by atoms with Gasteiger partial charge in [-0.3, -0.25) is 0 Å². The number of aliphatic hydroxyl groups is 1. The second kappa shape index (κ2) is 5.39. The third-order valence-electron chi connectivity index (χ3n) is 1.56. The number of alkyl halides is 1. The standard InChI is InChI=1S/C9H9Cl2FO2/c10-7-3-6(5-13)4-8(11)9(7)14-2-1-12/h3-4,13H,1-2,5H2. The van der Waals surface area contributed by atoms with Crippen LogP contribution in [0.1, 0.15) is 5.56 Å². The number of hydrogen-bond donors (Lipinski definition) is 1. The van der Waals surface area contributed by atoms with Crippen LogP contribution in [-0.2, 0) is 6.61 Å². The van der Waals surface area contributed by atoms with Gasteiger partial charge in [-0.2, -0.15) is 0 Å². The van der Waals surface area contributed by atoms with Crippen LogP contribution in [0.2, 0.25) is 10.0 Å². The van der Waals surface area contributed by atoms with Crippen molar-refractivity contribution in [2.24, 2.45) is 0 Å². The summed E-state index contributed by atoms with van der Waals surface area (Å²) in [7, 11) is 0. The van der Waals surface area contributed by atoms with E-state index < -0.39 is 6.67 Å². The minimum absolute atomic E-state index is 0.0854. The number of hydrogen-bond acceptors (Lipinski definition) is 2. The van der Waals surface area contributed by atoms with E-state index in [1.165, 1.54) is 12.1 Å². The van der Waals surface area contributed by atoms with Crippen molar-refractivity contribution in [1.82, 2.24) is 0 Å². The molecule has 0 unspecified atom stereocenters. The van der Waals surface area contributed by atoms with Gasteiger partial charge in [0.05, 0.1) is 16.7 Å². The number of halogens is 3. The van der Waals surface area contributed by atoms with Gasteiger partial charge in [-0.25, -0.2) is 4.39 Å². The molecule has 1 rings (SSSR count). The Morgan fingerprint density at radius 2 is 1.86 bits per heavy atom. The Balaban J connectivity index is 2.93. The Morgan fingerprint density at radius 3 is 2.29 bits per heavy atom. The molecule has 1 aromatic rings. The first-order valence-electron chi connectivity index (χ1n) is 3.96. The first-order chi connectivity index (χ1) is 6.69. The molecule has 0 aromatic heterocycles. The molecule has 5 heteroatoms. The van der Waals surface area contributed by atoms with Crippen molar-refractivity contribution in [3.8, 4) is 5.75 Å². The van der Waals surface area contributed by atoms with E-state index in [1.54, 1.807) is 0 Å². The van der Waals surface area contributed by atoms with Gasteiger partial charge < -0.3 is 9.84 Å². The van der Waals surface area contributed by atoms with Crippen molar-refractivity contribution in [3.05, 3.63) is 27.7 Å². The highest BCUT2D eigenvalue weighted by molar-refractivity contribution is 6.37. The average molecular weight is 239 g/mol. The van der Waals surface area contributed by atoms with E-state index in [2.05, 4.69) is 0 Å². The molecule has 0 atom stereocenters. The lowest BCUT2D eigenvalue weighted by atomic mass is 10.2. The number of rotatable bonds is 4. The Kier molecular flexibility index (Phi) is 4.45. The SMILES string of the molecule is OCc1cc(Cl)c(OCCF)c(Cl)c1. The van der Waals surface area contributed by atoms with Gasteiger partial charge >= 0.3 is 0 Å². The van der Waals surface area contributed by atoms with E-state index in [1.807, 2.05) is 0 Å². The fourth-order valence-electron chi connectivity index (χ4n) is 0.982. The maximum atomic E-state index is 11.8. The van der Waals surface area contributed by atoms with E-state index in [-0.39, 0.29) is 29.0 Å². The molecule has 0 saturated heterocycles. The van der Waals surface area contributed by atoms with Crippen LogP contribution in [-0.4, -0.2) is 18.4 Å². The van der Waals surface area contributed by atoms with Crippen molar-refractivity contribution in [2.45, 2.75) is 6.61 Å². The van der Waals surface area contributed by atoms with Gasteiger partial charge in [0, 0.05) is 0 Å². The summed E-state index contributed by atoms with van der Waals surface area (Å²) in [6.07, 6.45) is 0. The molecule has 2 nitrogen and oxygen atoms in total. The van der Waals surface area contributed by atoms with Crippen molar-refractivity contribution < 1.29 is 14.2 Å². The van der Waals surface area contributed by atoms with Gasteiger partial charge in [0.1, 0.15) is 13.3 Å². The van der Waals surface area contributed by atoms with Crippen molar-refractivity contribution in [2.75, 3.05) is 13.3 Å². The van der Waals surface area contributed by atoms with Crippen LogP contribution in [0.25, 0.3) is 0 Å². The van der Waals surface area contributed by atoms with Crippen LogP contribution in [0.3, 0.4) is 0 Å². The molecule has 0 amide bonds. The number of aliphatic hydroxyl groups excluding tert-OH is 1. The molecule has 0 bridgehead atoms.